The number of esters is 1. The molecule has 4 nitrogen and oxygen atoms in total. The van der Waals surface area contributed by atoms with E-state index in [1.807, 2.05) is 79.7 Å². The van der Waals surface area contributed by atoms with Crippen LogP contribution in [0.15, 0.2) is 84.9 Å². The third-order valence-electron chi connectivity index (χ3n) is 5.24. The lowest BCUT2D eigenvalue weighted by Crippen LogP contribution is -2.32. The SMILES string of the molecule is COC(=O)[C@H](CN(Cc1ccccc1)Cc1ccccc1)c1ccc(N(C)C)cc1. The van der Waals surface area contributed by atoms with E-state index in [1.54, 1.807) is 0 Å². The molecule has 0 N–H and O–H groups in total. The number of carbonyl (C=O) groups is 1. The summed E-state index contributed by atoms with van der Waals surface area (Å²) in [6.45, 7) is 2.11. The molecule has 0 saturated carbocycles. The number of anilines is 1. The van der Waals surface area contributed by atoms with E-state index in [2.05, 4.69) is 29.2 Å². The van der Waals surface area contributed by atoms with E-state index in [1.165, 1.54) is 18.2 Å². The van der Waals surface area contributed by atoms with Crippen molar-refractivity contribution in [2.24, 2.45) is 0 Å². The normalized spacial score (nSPS) is 11.9. The standard InChI is InChI=1S/C26H30N2O2/c1-27(2)24-16-14-23(15-17-24)25(26(29)30-3)20-28(18-21-10-6-4-7-11-21)19-22-12-8-5-9-13-22/h4-17,25H,18-20H2,1-3H3/t25-/m1/s1. The zero-order valence-corrected chi connectivity index (χ0v) is 18.0. The van der Waals surface area contributed by atoms with Gasteiger partial charge in [-0.1, -0.05) is 72.8 Å². The Labute approximate surface area is 179 Å². The zero-order valence-electron chi connectivity index (χ0n) is 18.0. The van der Waals surface area contributed by atoms with Crippen LogP contribution in [0.5, 0.6) is 0 Å². The quantitative estimate of drug-likeness (QED) is 0.485. The number of hydrogen-bond donors (Lipinski definition) is 0. The first kappa shape index (κ1) is 21.6. The molecule has 0 unspecified atom stereocenters. The molecule has 0 aliphatic heterocycles. The van der Waals surface area contributed by atoms with Crippen LogP contribution in [0.3, 0.4) is 0 Å². The van der Waals surface area contributed by atoms with Crippen molar-refractivity contribution in [2.75, 3.05) is 32.6 Å². The van der Waals surface area contributed by atoms with Gasteiger partial charge >= 0.3 is 5.97 Å². The minimum absolute atomic E-state index is 0.210. The summed E-state index contributed by atoms with van der Waals surface area (Å²) in [6, 6.07) is 28.9. The van der Waals surface area contributed by atoms with Gasteiger partial charge in [-0.3, -0.25) is 9.69 Å². The van der Waals surface area contributed by atoms with Crippen molar-refractivity contribution < 1.29 is 9.53 Å². The van der Waals surface area contributed by atoms with E-state index in [4.69, 9.17) is 4.74 Å². The minimum atomic E-state index is -0.348. The Balaban J connectivity index is 1.86. The highest BCUT2D eigenvalue weighted by atomic mass is 16.5. The molecule has 0 amide bonds. The fourth-order valence-corrected chi connectivity index (χ4v) is 3.59. The van der Waals surface area contributed by atoms with Gasteiger partial charge in [0.15, 0.2) is 0 Å². The number of rotatable bonds is 9. The average molecular weight is 403 g/mol. The highest BCUT2D eigenvalue weighted by Crippen LogP contribution is 2.24. The van der Waals surface area contributed by atoms with Crippen molar-refractivity contribution in [3.05, 3.63) is 102 Å². The molecule has 0 aliphatic carbocycles. The summed E-state index contributed by atoms with van der Waals surface area (Å²) in [5, 5.41) is 0. The molecule has 0 aromatic heterocycles. The lowest BCUT2D eigenvalue weighted by Gasteiger charge is -2.27. The number of hydrogen-bond acceptors (Lipinski definition) is 4. The van der Waals surface area contributed by atoms with E-state index in [0.717, 1.165) is 24.3 Å². The molecule has 156 valence electrons. The Hall–Kier alpha value is -3.11. The predicted molar refractivity (Wildman–Crippen MR) is 123 cm³/mol. The molecule has 0 fully saturated rings. The van der Waals surface area contributed by atoms with E-state index in [0.29, 0.717) is 6.54 Å². The van der Waals surface area contributed by atoms with Crippen molar-refractivity contribution in [1.82, 2.24) is 4.90 Å². The Bertz CT molecular complexity index is 867. The number of benzene rings is 3. The fraction of sp³-hybridized carbons (Fsp3) is 0.269. The zero-order chi connectivity index (χ0) is 21.3. The first-order valence-corrected chi connectivity index (χ1v) is 10.2. The molecule has 0 saturated heterocycles. The van der Waals surface area contributed by atoms with Crippen molar-refractivity contribution in [1.29, 1.82) is 0 Å². The number of carbonyl (C=O) groups excluding carboxylic acids is 1. The van der Waals surface area contributed by atoms with E-state index < -0.39 is 0 Å². The Kier molecular flexibility index (Phi) is 7.63. The van der Waals surface area contributed by atoms with Gasteiger partial charge in [0, 0.05) is 39.4 Å². The van der Waals surface area contributed by atoms with E-state index in [9.17, 15) is 4.79 Å². The highest BCUT2D eigenvalue weighted by molar-refractivity contribution is 5.78. The van der Waals surface area contributed by atoms with Crippen LogP contribution in [0.2, 0.25) is 0 Å². The molecular weight excluding hydrogens is 372 g/mol. The molecule has 1 atom stereocenters. The molecule has 4 heteroatoms. The molecule has 0 bridgehead atoms. The molecular formula is C26H30N2O2. The summed E-state index contributed by atoms with van der Waals surface area (Å²) in [6.07, 6.45) is 0. The molecule has 3 aromatic rings. The molecule has 0 heterocycles. The summed E-state index contributed by atoms with van der Waals surface area (Å²) < 4.78 is 5.17. The van der Waals surface area contributed by atoms with Crippen molar-refractivity contribution in [2.45, 2.75) is 19.0 Å². The lowest BCUT2D eigenvalue weighted by atomic mass is 9.97. The average Bonchev–Trinajstić information content (AvgIpc) is 2.78. The van der Waals surface area contributed by atoms with Crippen molar-refractivity contribution >= 4 is 11.7 Å². The Morgan fingerprint density at radius 2 is 1.30 bits per heavy atom. The smallest absolute Gasteiger partial charge is 0.314 e. The lowest BCUT2D eigenvalue weighted by molar-refractivity contribution is -0.143. The van der Waals surface area contributed by atoms with Crippen LogP contribution in [0.4, 0.5) is 5.69 Å². The number of methoxy groups -OCH3 is 1. The van der Waals surface area contributed by atoms with E-state index >= 15 is 0 Å². The van der Waals surface area contributed by atoms with Gasteiger partial charge in [0.05, 0.1) is 13.0 Å². The van der Waals surface area contributed by atoms with Gasteiger partial charge in [-0.25, -0.2) is 0 Å². The molecule has 0 aliphatic rings. The van der Waals surface area contributed by atoms with Crippen molar-refractivity contribution in [3.8, 4) is 0 Å². The van der Waals surface area contributed by atoms with Crippen molar-refractivity contribution in [3.63, 3.8) is 0 Å². The van der Waals surface area contributed by atoms with Crippen LogP contribution >= 0.6 is 0 Å². The Morgan fingerprint density at radius 1 is 0.800 bits per heavy atom. The molecule has 0 spiro atoms. The third-order valence-corrected chi connectivity index (χ3v) is 5.24. The Morgan fingerprint density at radius 3 is 1.73 bits per heavy atom. The molecule has 0 radical (unpaired) electrons. The number of nitrogens with zero attached hydrogens (tertiary/aromatic N) is 2. The summed E-state index contributed by atoms with van der Waals surface area (Å²) in [5.41, 5.74) is 4.52. The minimum Gasteiger partial charge on any atom is -0.469 e. The molecule has 3 rings (SSSR count). The highest BCUT2D eigenvalue weighted by Gasteiger charge is 2.25. The number of ether oxygens (including phenoxy) is 1. The molecule has 30 heavy (non-hydrogen) atoms. The van der Waals surface area contributed by atoms with Crippen LogP contribution in [-0.4, -0.2) is 38.6 Å². The van der Waals surface area contributed by atoms with Gasteiger partial charge < -0.3 is 9.64 Å². The second-order valence-corrected chi connectivity index (χ2v) is 7.70. The van der Waals surface area contributed by atoms with Gasteiger partial charge in [0.25, 0.3) is 0 Å². The largest absolute Gasteiger partial charge is 0.469 e. The molecule has 3 aromatic carbocycles. The van der Waals surface area contributed by atoms with Crippen LogP contribution in [0, 0.1) is 0 Å². The van der Waals surface area contributed by atoms with Crippen LogP contribution < -0.4 is 4.90 Å². The summed E-state index contributed by atoms with van der Waals surface area (Å²) in [5.74, 6) is -0.558. The van der Waals surface area contributed by atoms with Gasteiger partial charge in [0.1, 0.15) is 0 Å². The third kappa shape index (κ3) is 5.94. The second-order valence-electron chi connectivity index (χ2n) is 7.70. The van der Waals surface area contributed by atoms with Gasteiger partial charge in [-0.2, -0.15) is 0 Å². The maximum atomic E-state index is 12.7. The van der Waals surface area contributed by atoms with E-state index in [-0.39, 0.29) is 11.9 Å². The topological polar surface area (TPSA) is 32.8 Å². The van der Waals surface area contributed by atoms with Crippen LogP contribution in [0.1, 0.15) is 22.6 Å². The maximum Gasteiger partial charge on any atom is 0.314 e. The second kappa shape index (κ2) is 10.6. The first-order chi connectivity index (χ1) is 14.6. The van der Waals surface area contributed by atoms with Gasteiger partial charge in [-0.15, -0.1) is 0 Å². The van der Waals surface area contributed by atoms with Crippen LogP contribution in [0.25, 0.3) is 0 Å². The summed E-state index contributed by atoms with van der Waals surface area (Å²) >= 11 is 0. The van der Waals surface area contributed by atoms with Crippen LogP contribution in [-0.2, 0) is 22.6 Å². The maximum absolute atomic E-state index is 12.7. The summed E-state index contributed by atoms with van der Waals surface area (Å²) in [4.78, 5) is 17.1. The van der Waals surface area contributed by atoms with Gasteiger partial charge in [0.2, 0.25) is 0 Å². The monoisotopic (exact) mass is 402 g/mol. The fourth-order valence-electron chi connectivity index (χ4n) is 3.59. The first-order valence-electron chi connectivity index (χ1n) is 10.2. The predicted octanol–water partition coefficient (Wildman–Crippen LogP) is 4.71. The summed E-state index contributed by atoms with van der Waals surface area (Å²) in [7, 11) is 5.48. The van der Waals surface area contributed by atoms with Gasteiger partial charge in [-0.05, 0) is 28.8 Å².